The van der Waals surface area contributed by atoms with E-state index < -0.39 is 20.5 Å². The molecule has 1 atom stereocenters. The molecule has 0 bridgehead atoms. The molecule has 4 rings (SSSR count). The number of nitrogens with one attached hydrogen (secondary N) is 1. The predicted octanol–water partition coefficient (Wildman–Crippen LogP) is 1.11. The first-order valence-electron chi connectivity index (χ1n) is 9.07. The molecule has 1 aromatic rings. The van der Waals surface area contributed by atoms with Crippen LogP contribution in [0.2, 0.25) is 0 Å². The first kappa shape index (κ1) is 17.5. The van der Waals surface area contributed by atoms with Crippen molar-refractivity contribution in [2.45, 2.75) is 36.3 Å². The Hall–Kier alpha value is -1.89. The Morgan fingerprint density at radius 3 is 2.46 bits per heavy atom. The average molecular weight is 376 g/mol. The second-order valence-electron chi connectivity index (χ2n) is 8.11. The number of carbonyl (C=O) groups excluding carboxylic acids is 2. The van der Waals surface area contributed by atoms with Crippen LogP contribution in [-0.4, -0.2) is 55.8 Å². The number of amides is 2. The molecule has 2 heterocycles. The fraction of sp³-hybridized carbons (Fsp3) is 0.579. The molecule has 140 valence electrons. The first-order chi connectivity index (χ1) is 12.2. The van der Waals surface area contributed by atoms with Crippen molar-refractivity contribution in [3.8, 4) is 0 Å². The van der Waals surface area contributed by atoms with Crippen molar-refractivity contribution < 1.29 is 18.0 Å². The highest BCUT2D eigenvalue weighted by atomic mass is 32.2. The van der Waals surface area contributed by atoms with Crippen molar-refractivity contribution in [3.05, 3.63) is 35.4 Å². The van der Waals surface area contributed by atoms with E-state index in [-0.39, 0.29) is 36.1 Å². The SMILES string of the molecule is CNC(=O)C1CCS(=O)(=O)C12CN(C(=O)c1ccccc1C1(C)CC1)C2. The molecular formula is C19H24N2O4S. The van der Waals surface area contributed by atoms with Gasteiger partial charge in [0, 0.05) is 25.7 Å². The predicted molar refractivity (Wildman–Crippen MR) is 97.6 cm³/mol. The van der Waals surface area contributed by atoms with Crippen LogP contribution in [0.4, 0.5) is 0 Å². The summed E-state index contributed by atoms with van der Waals surface area (Å²) < 4.78 is 24.1. The number of rotatable bonds is 3. The first-order valence-corrected chi connectivity index (χ1v) is 10.7. The smallest absolute Gasteiger partial charge is 0.254 e. The van der Waals surface area contributed by atoms with Gasteiger partial charge in [0.25, 0.3) is 5.91 Å². The van der Waals surface area contributed by atoms with Crippen LogP contribution >= 0.6 is 0 Å². The molecule has 7 heteroatoms. The van der Waals surface area contributed by atoms with Crippen LogP contribution in [0.25, 0.3) is 0 Å². The van der Waals surface area contributed by atoms with E-state index in [0.29, 0.717) is 12.0 Å². The quantitative estimate of drug-likeness (QED) is 0.857. The highest BCUT2D eigenvalue weighted by Gasteiger charge is 2.64. The van der Waals surface area contributed by atoms with E-state index in [9.17, 15) is 18.0 Å². The maximum absolute atomic E-state index is 13.0. The Morgan fingerprint density at radius 1 is 1.19 bits per heavy atom. The normalized spacial score (nSPS) is 27.0. The third-order valence-corrected chi connectivity index (χ3v) is 9.06. The summed E-state index contributed by atoms with van der Waals surface area (Å²) in [6.07, 6.45) is 2.46. The summed E-state index contributed by atoms with van der Waals surface area (Å²) in [7, 11) is -1.86. The maximum atomic E-state index is 13.0. The van der Waals surface area contributed by atoms with E-state index in [0.717, 1.165) is 18.4 Å². The molecule has 2 saturated heterocycles. The summed E-state index contributed by atoms with van der Waals surface area (Å²) in [5.41, 5.74) is 1.76. The number of carbonyl (C=O) groups is 2. The van der Waals surface area contributed by atoms with Crippen LogP contribution in [0.1, 0.15) is 42.1 Å². The lowest BCUT2D eigenvalue weighted by Gasteiger charge is -2.49. The summed E-state index contributed by atoms with van der Waals surface area (Å²) in [5.74, 6) is -0.930. The van der Waals surface area contributed by atoms with Crippen molar-refractivity contribution in [3.63, 3.8) is 0 Å². The van der Waals surface area contributed by atoms with Crippen LogP contribution in [0.15, 0.2) is 24.3 Å². The number of benzene rings is 1. The molecule has 6 nitrogen and oxygen atoms in total. The fourth-order valence-corrected chi connectivity index (χ4v) is 6.80. The molecule has 1 spiro atoms. The Balaban J connectivity index is 1.60. The number of sulfone groups is 1. The molecule has 2 amide bonds. The third kappa shape index (κ3) is 2.32. The molecule has 2 aliphatic heterocycles. The highest BCUT2D eigenvalue weighted by Crippen LogP contribution is 2.50. The van der Waals surface area contributed by atoms with Gasteiger partial charge in [0.1, 0.15) is 4.75 Å². The Morgan fingerprint density at radius 2 is 1.85 bits per heavy atom. The topological polar surface area (TPSA) is 83.6 Å². The minimum atomic E-state index is -3.38. The van der Waals surface area contributed by atoms with E-state index in [4.69, 9.17) is 0 Å². The monoisotopic (exact) mass is 376 g/mol. The molecule has 1 N–H and O–H groups in total. The van der Waals surface area contributed by atoms with Gasteiger partial charge >= 0.3 is 0 Å². The number of nitrogens with zero attached hydrogens (tertiary/aromatic N) is 1. The van der Waals surface area contributed by atoms with Gasteiger partial charge in [-0.2, -0.15) is 0 Å². The Kier molecular flexibility index (Phi) is 3.74. The van der Waals surface area contributed by atoms with E-state index >= 15 is 0 Å². The minimum absolute atomic E-state index is 0.0157. The van der Waals surface area contributed by atoms with Gasteiger partial charge < -0.3 is 10.2 Å². The molecule has 1 unspecified atom stereocenters. The van der Waals surface area contributed by atoms with Crippen molar-refractivity contribution in [1.82, 2.24) is 10.2 Å². The lowest BCUT2D eigenvalue weighted by Crippen LogP contribution is -2.70. The largest absolute Gasteiger partial charge is 0.359 e. The van der Waals surface area contributed by atoms with Gasteiger partial charge in [-0.05, 0) is 36.3 Å². The van der Waals surface area contributed by atoms with Gasteiger partial charge in [-0.1, -0.05) is 25.1 Å². The van der Waals surface area contributed by atoms with Crippen LogP contribution in [-0.2, 0) is 20.0 Å². The van der Waals surface area contributed by atoms with Crippen LogP contribution < -0.4 is 5.32 Å². The van der Waals surface area contributed by atoms with E-state index in [1.165, 1.54) is 7.05 Å². The summed E-state index contributed by atoms with van der Waals surface area (Å²) in [6.45, 7) is 2.37. The molecule has 0 radical (unpaired) electrons. The fourth-order valence-electron chi connectivity index (χ4n) is 4.48. The third-order valence-electron chi connectivity index (χ3n) is 6.50. The molecule has 26 heavy (non-hydrogen) atoms. The zero-order valence-corrected chi connectivity index (χ0v) is 15.9. The highest BCUT2D eigenvalue weighted by molar-refractivity contribution is 7.93. The Labute approximate surface area is 153 Å². The summed E-state index contributed by atoms with van der Waals surface area (Å²) in [6, 6.07) is 7.61. The Bertz CT molecular complexity index is 883. The standard InChI is InChI=1S/C19H24N2O4S/c1-18(8-9-18)14-6-4-3-5-13(14)17(23)21-11-19(12-21)15(16(22)20-2)7-10-26(19,24)25/h3-6,15H,7-12H2,1-2H3,(H,20,22). The second-order valence-corrected chi connectivity index (χ2v) is 10.6. The zero-order valence-electron chi connectivity index (χ0n) is 15.1. The van der Waals surface area contributed by atoms with Gasteiger partial charge in [-0.15, -0.1) is 0 Å². The van der Waals surface area contributed by atoms with Gasteiger partial charge in [-0.25, -0.2) is 8.42 Å². The second kappa shape index (κ2) is 5.55. The van der Waals surface area contributed by atoms with Gasteiger partial charge in [0.15, 0.2) is 9.84 Å². The van der Waals surface area contributed by atoms with Gasteiger partial charge in [0.2, 0.25) is 5.91 Å². The van der Waals surface area contributed by atoms with Crippen LogP contribution in [0.5, 0.6) is 0 Å². The maximum Gasteiger partial charge on any atom is 0.254 e. The van der Waals surface area contributed by atoms with Crippen molar-refractivity contribution in [2.75, 3.05) is 25.9 Å². The molecule has 1 aliphatic carbocycles. The molecule has 1 saturated carbocycles. The van der Waals surface area contributed by atoms with Crippen LogP contribution in [0, 0.1) is 5.92 Å². The van der Waals surface area contributed by atoms with Crippen molar-refractivity contribution >= 4 is 21.7 Å². The molecule has 1 aromatic carbocycles. The van der Waals surface area contributed by atoms with E-state index in [1.54, 1.807) is 4.90 Å². The van der Waals surface area contributed by atoms with Crippen molar-refractivity contribution in [2.24, 2.45) is 5.92 Å². The van der Waals surface area contributed by atoms with Gasteiger partial charge in [-0.3, -0.25) is 9.59 Å². The number of likely N-dealkylation sites (tertiary alicyclic amines) is 1. The molecule has 3 aliphatic rings. The molecular weight excluding hydrogens is 352 g/mol. The number of hydrogen-bond acceptors (Lipinski definition) is 4. The molecule has 0 aromatic heterocycles. The lowest BCUT2D eigenvalue weighted by molar-refractivity contribution is -0.126. The summed E-state index contributed by atoms with van der Waals surface area (Å²) >= 11 is 0. The zero-order chi connectivity index (χ0) is 18.7. The van der Waals surface area contributed by atoms with E-state index in [1.807, 2.05) is 24.3 Å². The van der Waals surface area contributed by atoms with Crippen LogP contribution in [0.3, 0.4) is 0 Å². The van der Waals surface area contributed by atoms with Crippen molar-refractivity contribution in [1.29, 1.82) is 0 Å². The minimum Gasteiger partial charge on any atom is -0.359 e. The average Bonchev–Trinajstić information content (AvgIpc) is 3.27. The van der Waals surface area contributed by atoms with E-state index in [2.05, 4.69) is 12.2 Å². The molecule has 3 fully saturated rings. The lowest BCUT2D eigenvalue weighted by atomic mass is 9.81. The number of hydrogen-bond donors (Lipinski definition) is 1. The summed E-state index contributed by atoms with van der Waals surface area (Å²) in [5, 5.41) is 2.57. The summed E-state index contributed by atoms with van der Waals surface area (Å²) in [4.78, 5) is 26.8. The van der Waals surface area contributed by atoms with Gasteiger partial charge in [0.05, 0.1) is 11.7 Å².